The van der Waals surface area contributed by atoms with Crippen molar-refractivity contribution in [2.45, 2.75) is 25.8 Å². The van der Waals surface area contributed by atoms with Crippen molar-refractivity contribution in [1.82, 2.24) is 4.98 Å². The summed E-state index contributed by atoms with van der Waals surface area (Å²) in [6.07, 6.45) is 2.55. The van der Waals surface area contributed by atoms with Gasteiger partial charge in [-0.3, -0.25) is 4.79 Å². The highest BCUT2D eigenvalue weighted by Crippen LogP contribution is 2.32. The number of carbonyl (C=O) groups is 1. The molecule has 0 spiro atoms. The third-order valence-corrected chi connectivity index (χ3v) is 5.05. The molecule has 1 aromatic heterocycles. The summed E-state index contributed by atoms with van der Waals surface area (Å²) in [6, 6.07) is 7.80. The fourth-order valence-corrected chi connectivity index (χ4v) is 3.64. The Labute approximate surface area is 127 Å². The monoisotopic (exact) mass is 306 g/mol. The first-order valence-corrected chi connectivity index (χ1v) is 7.82. The summed E-state index contributed by atoms with van der Waals surface area (Å²) >= 11 is 7.81. The predicted octanol–water partition coefficient (Wildman–Crippen LogP) is 3.95. The number of hydrogen-bond acceptors (Lipinski definition) is 4. The number of halogens is 1. The van der Waals surface area contributed by atoms with Gasteiger partial charge in [0.05, 0.1) is 0 Å². The van der Waals surface area contributed by atoms with Gasteiger partial charge in [0, 0.05) is 29.9 Å². The maximum Gasteiger partial charge on any atom is 0.186 e. The maximum absolute atomic E-state index is 11.8. The molecule has 0 saturated carbocycles. The lowest BCUT2D eigenvalue weighted by atomic mass is 10.0. The molecule has 104 valence electrons. The average molecular weight is 307 g/mol. The zero-order valence-electron chi connectivity index (χ0n) is 11.2. The summed E-state index contributed by atoms with van der Waals surface area (Å²) in [7, 11) is 1.98. The number of fused-ring (bicyclic) bond motifs is 1. The average Bonchev–Trinajstić information content (AvgIpc) is 2.87. The standard InChI is InChI=1S/C15H15ClN2OS/c1-18(9-10-5-2-3-6-11(10)16)15-17-14-12(19)7-4-8-13(14)20-15/h2-3,5-6H,4,7-9H2,1H3. The van der Waals surface area contributed by atoms with Gasteiger partial charge in [-0.1, -0.05) is 29.8 Å². The van der Waals surface area contributed by atoms with Crippen LogP contribution in [0.4, 0.5) is 5.13 Å². The number of carbonyl (C=O) groups excluding carboxylic acids is 1. The van der Waals surface area contributed by atoms with Crippen molar-refractivity contribution < 1.29 is 4.79 Å². The molecule has 1 heterocycles. The Bertz CT molecular complexity index is 653. The van der Waals surface area contributed by atoms with Gasteiger partial charge in [-0.2, -0.15) is 0 Å². The minimum absolute atomic E-state index is 0.180. The molecule has 1 aliphatic carbocycles. The molecule has 3 rings (SSSR count). The lowest BCUT2D eigenvalue weighted by molar-refractivity contribution is 0.0968. The first kappa shape index (κ1) is 13.6. The van der Waals surface area contributed by atoms with Gasteiger partial charge in [0.1, 0.15) is 5.69 Å². The van der Waals surface area contributed by atoms with Gasteiger partial charge in [0.15, 0.2) is 10.9 Å². The van der Waals surface area contributed by atoms with Crippen molar-refractivity contribution in [2.75, 3.05) is 11.9 Å². The van der Waals surface area contributed by atoms with E-state index in [2.05, 4.69) is 9.88 Å². The van der Waals surface area contributed by atoms with Crippen LogP contribution in [0.5, 0.6) is 0 Å². The van der Waals surface area contributed by atoms with Crippen molar-refractivity contribution in [3.05, 3.63) is 45.4 Å². The molecular formula is C15H15ClN2OS. The van der Waals surface area contributed by atoms with Crippen LogP contribution in [0.1, 0.15) is 33.8 Å². The second-order valence-electron chi connectivity index (χ2n) is 4.99. The van der Waals surface area contributed by atoms with E-state index in [-0.39, 0.29) is 5.78 Å². The third-order valence-electron chi connectivity index (χ3n) is 3.45. The second-order valence-corrected chi connectivity index (χ2v) is 6.46. The van der Waals surface area contributed by atoms with Crippen LogP contribution in [0, 0.1) is 0 Å². The summed E-state index contributed by atoms with van der Waals surface area (Å²) in [5, 5.41) is 1.65. The predicted molar refractivity (Wildman–Crippen MR) is 82.9 cm³/mol. The van der Waals surface area contributed by atoms with E-state index in [0.29, 0.717) is 18.7 Å². The first-order valence-electron chi connectivity index (χ1n) is 6.62. The summed E-state index contributed by atoms with van der Waals surface area (Å²) in [4.78, 5) is 19.5. The lowest BCUT2D eigenvalue weighted by Gasteiger charge is -2.16. The molecule has 0 atom stereocenters. The van der Waals surface area contributed by atoms with Crippen molar-refractivity contribution in [3.63, 3.8) is 0 Å². The molecule has 0 saturated heterocycles. The smallest absolute Gasteiger partial charge is 0.186 e. The highest BCUT2D eigenvalue weighted by Gasteiger charge is 2.23. The molecule has 0 radical (unpaired) electrons. The van der Waals surface area contributed by atoms with Gasteiger partial charge in [0.2, 0.25) is 0 Å². The van der Waals surface area contributed by atoms with Crippen LogP contribution in [0.3, 0.4) is 0 Å². The number of Topliss-reactive ketones (excluding diaryl/α,β-unsaturated/α-hetero) is 1. The molecule has 0 unspecified atom stereocenters. The molecular weight excluding hydrogens is 292 g/mol. The highest BCUT2D eigenvalue weighted by molar-refractivity contribution is 7.15. The third kappa shape index (κ3) is 2.58. The summed E-state index contributed by atoms with van der Waals surface area (Å²) in [5.41, 5.74) is 1.75. The van der Waals surface area contributed by atoms with E-state index < -0.39 is 0 Å². The van der Waals surface area contributed by atoms with E-state index in [4.69, 9.17) is 11.6 Å². The molecule has 20 heavy (non-hydrogen) atoms. The Morgan fingerprint density at radius 2 is 2.15 bits per heavy atom. The van der Waals surface area contributed by atoms with Crippen LogP contribution in [-0.2, 0) is 13.0 Å². The minimum Gasteiger partial charge on any atom is -0.347 e. The van der Waals surface area contributed by atoms with Gasteiger partial charge in [-0.05, 0) is 24.5 Å². The van der Waals surface area contributed by atoms with E-state index in [1.807, 2.05) is 31.3 Å². The van der Waals surface area contributed by atoms with Gasteiger partial charge >= 0.3 is 0 Å². The largest absolute Gasteiger partial charge is 0.347 e. The van der Waals surface area contributed by atoms with E-state index in [0.717, 1.165) is 33.4 Å². The van der Waals surface area contributed by atoms with Crippen molar-refractivity contribution in [1.29, 1.82) is 0 Å². The zero-order chi connectivity index (χ0) is 14.1. The quantitative estimate of drug-likeness (QED) is 0.861. The summed E-state index contributed by atoms with van der Waals surface area (Å²) in [6.45, 7) is 0.695. The van der Waals surface area contributed by atoms with Crippen LogP contribution in [0.15, 0.2) is 24.3 Å². The van der Waals surface area contributed by atoms with E-state index in [1.165, 1.54) is 0 Å². The molecule has 0 N–H and O–H groups in total. The number of anilines is 1. The number of ketones is 1. The van der Waals surface area contributed by atoms with E-state index in [1.54, 1.807) is 11.3 Å². The van der Waals surface area contributed by atoms with Crippen molar-refractivity contribution in [2.24, 2.45) is 0 Å². The van der Waals surface area contributed by atoms with Crippen LogP contribution >= 0.6 is 22.9 Å². The molecule has 2 aromatic rings. The molecule has 0 amide bonds. The number of aromatic nitrogens is 1. The fraction of sp³-hybridized carbons (Fsp3) is 0.333. The Hall–Kier alpha value is -1.39. The Morgan fingerprint density at radius 1 is 1.35 bits per heavy atom. The van der Waals surface area contributed by atoms with Crippen molar-refractivity contribution >= 4 is 33.9 Å². The van der Waals surface area contributed by atoms with E-state index in [9.17, 15) is 4.79 Å². The Kier molecular flexibility index (Phi) is 3.76. The Morgan fingerprint density at radius 3 is 2.90 bits per heavy atom. The Balaban J connectivity index is 1.83. The van der Waals surface area contributed by atoms with Crippen LogP contribution < -0.4 is 4.90 Å². The summed E-state index contributed by atoms with van der Waals surface area (Å²) in [5.74, 6) is 0.180. The SMILES string of the molecule is CN(Cc1ccccc1Cl)c1nc2c(s1)CCCC2=O. The van der Waals surface area contributed by atoms with Gasteiger partial charge in [-0.25, -0.2) is 4.98 Å². The zero-order valence-corrected chi connectivity index (χ0v) is 12.8. The van der Waals surface area contributed by atoms with Gasteiger partial charge in [-0.15, -0.1) is 11.3 Å². The molecule has 0 bridgehead atoms. The van der Waals surface area contributed by atoms with Crippen LogP contribution in [-0.4, -0.2) is 17.8 Å². The summed E-state index contributed by atoms with van der Waals surface area (Å²) < 4.78 is 0. The number of benzene rings is 1. The molecule has 0 aliphatic heterocycles. The number of aryl methyl sites for hydroxylation is 1. The van der Waals surface area contributed by atoms with Gasteiger partial charge in [0.25, 0.3) is 0 Å². The van der Waals surface area contributed by atoms with Crippen LogP contribution in [0.2, 0.25) is 5.02 Å². The number of nitrogens with zero attached hydrogens (tertiary/aromatic N) is 2. The molecule has 3 nitrogen and oxygen atoms in total. The lowest BCUT2D eigenvalue weighted by Crippen LogP contribution is -2.16. The van der Waals surface area contributed by atoms with E-state index >= 15 is 0 Å². The van der Waals surface area contributed by atoms with Crippen molar-refractivity contribution in [3.8, 4) is 0 Å². The molecule has 0 fully saturated rings. The molecule has 5 heteroatoms. The van der Waals surface area contributed by atoms with Crippen LogP contribution in [0.25, 0.3) is 0 Å². The maximum atomic E-state index is 11.8. The molecule has 1 aliphatic rings. The molecule has 1 aromatic carbocycles. The normalized spacial score (nSPS) is 14.2. The van der Waals surface area contributed by atoms with Gasteiger partial charge < -0.3 is 4.90 Å². The first-order chi connectivity index (χ1) is 9.65. The second kappa shape index (κ2) is 5.54. The number of hydrogen-bond donors (Lipinski definition) is 0. The fourth-order valence-electron chi connectivity index (χ4n) is 2.37. The topological polar surface area (TPSA) is 33.2 Å². The number of rotatable bonds is 3. The number of thiazole rings is 1. The minimum atomic E-state index is 0.180. The highest BCUT2D eigenvalue weighted by atomic mass is 35.5.